The number of hydrogen-bond acceptors (Lipinski definition) is 5. The van der Waals surface area contributed by atoms with Crippen molar-refractivity contribution >= 4 is 5.78 Å². The van der Waals surface area contributed by atoms with Crippen molar-refractivity contribution < 1.29 is 9.53 Å². The molecule has 12 heavy (non-hydrogen) atoms. The molecule has 0 aromatic carbocycles. The number of ketones is 1. The summed E-state index contributed by atoms with van der Waals surface area (Å²) in [6, 6.07) is 0. The summed E-state index contributed by atoms with van der Waals surface area (Å²) in [4.78, 5) is 18.6. The number of nitrogens with two attached hydrogens (primary N) is 1. The van der Waals surface area contributed by atoms with Gasteiger partial charge in [0.1, 0.15) is 5.69 Å². The highest BCUT2D eigenvalue weighted by Crippen LogP contribution is 2.02. The number of ether oxygens (including phenoxy) is 1. The second kappa shape index (κ2) is 3.77. The summed E-state index contributed by atoms with van der Waals surface area (Å²) in [5.74, 6) is 0.147. The number of rotatable bonds is 3. The summed E-state index contributed by atoms with van der Waals surface area (Å²) in [6.45, 7) is -0.0546. The summed E-state index contributed by atoms with van der Waals surface area (Å²) in [5.41, 5.74) is 5.39. The molecule has 5 nitrogen and oxygen atoms in total. The average molecular weight is 167 g/mol. The van der Waals surface area contributed by atoms with E-state index in [1.165, 1.54) is 19.5 Å². The van der Waals surface area contributed by atoms with Gasteiger partial charge in [-0.15, -0.1) is 0 Å². The van der Waals surface area contributed by atoms with Crippen molar-refractivity contribution in [2.75, 3.05) is 13.7 Å². The van der Waals surface area contributed by atoms with E-state index in [1.54, 1.807) is 0 Å². The first-order chi connectivity index (χ1) is 5.77. The van der Waals surface area contributed by atoms with Crippen LogP contribution < -0.4 is 10.5 Å². The molecule has 0 atom stereocenters. The minimum absolute atomic E-state index is 0.0546. The fourth-order valence-electron chi connectivity index (χ4n) is 0.670. The van der Waals surface area contributed by atoms with Gasteiger partial charge < -0.3 is 10.5 Å². The van der Waals surface area contributed by atoms with Crippen LogP contribution in [-0.2, 0) is 0 Å². The van der Waals surface area contributed by atoms with Gasteiger partial charge in [0.15, 0.2) is 5.78 Å². The van der Waals surface area contributed by atoms with E-state index in [0.29, 0.717) is 5.88 Å². The van der Waals surface area contributed by atoms with Gasteiger partial charge in [-0.2, -0.15) is 0 Å². The summed E-state index contributed by atoms with van der Waals surface area (Å²) in [7, 11) is 1.48. The molecular formula is C7H9N3O2. The zero-order valence-corrected chi connectivity index (χ0v) is 6.65. The Hall–Kier alpha value is -1.49. The van der Waals surface area contributed by atoms with Gasteiger partial charge in [-0.3, -0.25) is 4.79 Å². The monoisotopic (exact) mass is 167 g/mol. The number of carbonyl (C=O) groups excluding carboxylic acids is 1. The van der Waals surface area contributed by atoms with Gasteiger partial charge in [0.25, 0.3) is 0 Å². The van der Waals surface area contributed by atoms with Crippen LogP contribution in [0.2, 0.25) is 0 Å². The first-order valence-electron chi connectivity index (χ1n) is 3.37. The number of Topliss-reactive ketones (excluding diaryl/α,β-unsaturated/α-hetero) is 1. The van der Waals surface area contributed by atoms with Crippen molar-refractivity contribution in [1.29, 1.82) is 0 Å². The van der Waals surface area contributed by atoms with E-state index >= 15 is 0 Å². The van der Waals surface area contributed by atoms with Gasteiger partial charge >= 0.3 is 0 Å². The third kappa shape index (κ3) is 1.76. The Morgan fingerprint density at radius 2 is 2.33 bits per heavy atom. The molecule has 0 saturated carbocycles. The summed E-state index contributed by atoms with van der Waals surface area (Å²) < 4.78 is 4.77. The van der Waals surface area contributed by atoms with Crippen molar-refractivity contribution in [3.05, 3.63) is 18.1 Å². The van der Waals surface area contributed by atoms with Crippen LogP contribution in [0.25, 0.3) is 0 Å². The number of methoxy groups -OCH3 is 1. The van der Waals surface area contributed by atoms with E-state index in [-0.39, 0.29) is 18.0 Å². The lowest BCUT2D eigenvalue weighted by molar-refractivity contribution is 0.0996. The Kier molecular flexibility index (Phi) is 2.71. The van der Waals surface area contributed by atoms with E-state index in [1.807, 2.05) is 0 Å². The Bertz CT molecular complexity index is 270. The molecule has 0 amide bonds. The highest BCUT2D eigenvalue weighted by atomic mass is 16.5. The maximum atomic E-state index is 10.9. The normalized spacial score (nSPS) is 9.50. The standard InChI is InChI=1S/C7H9N3O2/c1-12-7-4-9-5(3-10-7)6(11)2-8/h3-4H,2,8H2,1H3. The molecule has 0 fully saturated rings. The third-order valence-corrected chi connectivity index (χ3v) is 1.31. The largest absolute Gasteiger partial charge is 0.480 e. The van der Waals surface area contributed by atoms with E-state index in [9.17, 15) is 4.79 Å². The van der Waals surface area contributed by atoms with Gasteiger partial charge in [0.05, 0.1) is 26.0 Å². The molecule has 5 heteroatoms. The molecule has 0 aliphatic heterocycles. The van der Waals surface area contributed by atoms with Gasteiger partial charge in [0.2, 0.25) is 5.88 Å². The van der Waals surface area contributed by atoms with Gasteiger partial charge in [-0.1, -0.05) is 0 Å². The molecule has 1 aromatic heterocycles. The summed E-state index contributed by atoms with van der Waals surface area (Å²) in [5, 5.41) is 0. The maximum Gasteiger partial charge on any atom is 0.232 e. The van der Waals surface area contributed by atoms with Crippen molar-refractivity contribution in [2.24, 2.45) is 5.73 Å². The number of hydrogen-bond donors (Lipinski definition) is 1. The predicted octanol–water partition coefficient (Wildman–Crippen LogP) is -0.373. The first kappa shape index (κ1) is 8.61. The van der Waals surface area contributed by atoms with Gasteiger partial charge in [0, 0.05) is 0 Å². The van der Waals surface area contributed by atoms with Crippen LogP contribution in [0, 0.1) is 0 Å². The Morgan fingerprint density at radius 3 is 2.75 bits per heavy atom. The molecule has 1 aromatic rings. The quantitative estimate of drug-likeness (QED) is 0.621. The Labute approximate surface area is 69.6 Å². The molecule has 0 aliphatic carbocycles. The van der Waals surface area contributed by atoms with Crippen LogP contribution in [-0.4, -0.2) is 29.4 Å². The molecular weight excluding hydrogens is 158 g/mol. The zero-order chi connectivity index (χ0) is 8.97. The number of aromatic nitrogens is 2. The van der Waals surface area contributed by atoms with Crippen molar-refractivity contribution in [3.8, 4) is 5.88 Å². The smallest absolute Gasteiger partial charge is 0.232 e. The molecule has 0 unspecified atom stereocenters. The van der Waals surface area contributed by atoms with Crippen LogP contribution >= 0.6 is 0 Å². The minimum Gasteiger partial charge on any atom is -0.480 e. The van der Waals surface area contributed by atoms with E-state index in [2.05, 4.69) is 9.97 Å². The summed E-state index contributed by atoms with van der Waals surface area (Å²) >= 11 is 0. The lowest BCUT2D eigenvalue weighted by Gasteiger charge is -1.98. The molecule has 2 N–H and O–H groups in total. The Balaban J connectivity index is 2.84. The molecule has 1 rings (SSSR count). The molecule has 0 spiro atoms. The first-order valence-corrected chi connectivity index (χ1v) is 3.37. The van der Waals surface area contributed by atoms with Crippen LogP contribution in [0.15, 0.2) is 12.4 Å². The molecule has 0 aliphatic rings. The fraction of sp³-hybridized carbons (Fsp3) is 0.286. The second-order valence-corrected chi connectivity index (χ2v) is 2.07. The number of carbonyl (C=O) groups is 1. The lowest BCUT2D eigenvalue weighted by atomic mass is 10.3. The minimum atomic E-state index is -0.231. The average Bonchev–Trinajstić information content (AvgIpc) is 2.17. The van der Waals surface area contributed by atoms with Crippen molar-refractivity contribution in [3.63, 3.8) is 0 Å². The third-order valence-electron chi connectivity index (χ3n) is 1.31. The van der Waals surface area contributed by atoms with Crippen LogP contribution in [0.5, 0.6) is 5.88 Å². The maximum absolute atomic E-state index is 10.9. The Morgan fingerprint density at radius 1 is 1.58 bits per heavy atom. The topological polar surface area (TPSA) is 78.1 Å². The fourth-order valence-corrected chi connectivity index (χ4v) is 0.670. The second-order valence-electron chi connectivity index (χ2n) is 2.07. The van der Waals surface area contributed by atoms with Crippen molar-refractivity contribution in [1.82, 2.24) is 9.97 Å². The van der Waals surface area contributed by atoms with Crippen molar-refractivity contribution in [2.45, 2.75) is 0 Å². The molecule has 64 valence electrons. The van der Waals surface area contributed by atoms with Gasteiger partial charge in [-0.05, 0) is 0 Å². The molecule has 0 bridgehead atoms. The predicted molar refractivity (Wildman–Crippen MR) is 42.0 cm³/mol. The number of nitrogens with zero attached hydrogens (tertiary/aromatic N) is 2. The van der Waals surface area contributed by atoms with E-state index in [0.717, 1.165) is 0 Å². The lowest BCUT2D eigenvalue weighted by Crippen LogP contribution is -2.15. The highest BCUT2D eigenvalue weighted by molar-refractivity contribution is 5.95. The molecule has 1 heterocycles. The van der Waals surface area contributed by atoms with E-state index in [4.69, 9.17) is 10.5 Å². The zero-order valence-electron chi connectivity index (χ0n) is 6.65. The van der Waals surface area contributed by atoms with Crippen LogP contribution in [0.4, 0.5) is 0 Å². The van der Waals surface area contributed by atoms with E-state index < -0.39 is 0 Å². The van der Waals surface area contributed by atoms with Crippen LogP contribution in [0.1, 0.15) is 10.5 Å². The molecule has 0 saturated heterocycles. The highest BCUT2D eigenvalue weighted by Gasteiger charge is 2.04. The SMILES string of the molecule is COc1cnc(C(=O)CN)cn1. The molecule has 0 radical (unpaired) electrons. The van der Waals surface area contributed by atoms with Gasteiger partial charge in [-0.25, -0.2) is 9.97 Å². The van der Waals surface area contributed by atoms with Crippen LogP contribution in [0.3, 0.4) is 0 Å². The summed E-state index contributed by atoms with van der Waals surface area (Å²) in [6.07, 6.45) is 2.72.